The van der Waals surface area contributed by atoms with Gasteiger partial charge in [0.25, 0.3) is 0 Å². The van der Waals surface area contributed by atoms with Gasteiger partial charge in [0.15, 0.2) is 0 Å². The van der Waals surface area contributed by atoms with Crippen LogP contribution in [-0.4, -0.2) is 11.9 Å². The molecular formula is C17H26N2O. The molecule has 0 aromatic heterocycles. The van der Waals surface area contributed by atoms with E-state index in [4.69, 9.17) is 5.73 Å². The number of nitrogen functional groups attached to an aromatic ring is 1. The van der Waals surface area contributed by atoms with E-state index in [0.29, 0.717) is 18.4 Å². The van der Waals surface area contributed by atoms with Crippen molar-refractivity contribution >= 4 is 11.6 Å². The van der Waals surface area contributed by atoms with Gasteiger partial charge in [-0.1, -0.05) is 38.5 Å². The highest BCUT2D eigenvalue weighted by Gasteiger charge is 2.32. The van der Waals surface area contributed by atoms with Crippen LogP contribution in [0.3, 0.4) is 0 Å². The fourth-order valence-electron chi connectivity index (χ4n) is 3.32. The topological polar surface area (TPSA) is 55.1 Å². The Balaban J connectivity index is 1.80. The van der Waals surface area contributed by atoms with Gasteiger partial charge in [0, 0.05) is 18.2 Å². The lowest BCUT2D eigenvalue weighted by molar-refractivity contribution is -0.122. The highest BCUT2D eigenvalue weighted by molar-refractivity contribution is 5.76. The summed E-state index contributed by atoms with van der Waals surface area (Å²) in [5, 5.41) is 3.20. The summed E-state index contributed by atoms with van der Waals surface area (Å²) in [4.78, 5) is 12.1. The average molecular weight is 274 g/mol. The van der Waals surface area contributed by atoms with Crippen LogP contribution in [0.15, 0.2) is 24.3 Å². The van der Waals surface area contributed by atoms with Crippen molar-refractivity contribution in [2.45, 2.75) is 52.0 Å². The van der Waals surface area contributed by atoms with Crippen LogP contribution in [0.1, 0.15) is 45.1 Å². The SMILES string of the molecule is CCC1CCC(NC(=O)CCc2ccccc2N)C1C. The standard InChI is InChI=1S/C17H26N2O/c1-3-13-8-10-16(12(13)2)19-17(20)11-9-14-6-4-5-7-15(14)18/h4-7,12-13,16H,3,8-11,18H2,1-2H3,(H,19,20). The fraction of sp³-hybridized carbons (Fsp3) is 0.588. The molecule has 0 radical (unpaired) electrons. The molecule has 110 valence electrons. The molecule has 1 aliphatic carbocycles. The molecule has 1 fully saturated rings. The normalized spacial score (nSPS) is 25.6. The van der Waals surface area contributed by atoms with Crippen molar-refractivity contribution in [3.05, 3.63) is 29.8 Å². The van der Waals surface area contributed by atoms with Crippen LogP contribution in [0.2, 0.25) is 0 Å². The second kappa shape index (κ2) is 6.78. The second-order valence-electron chi connectivity index (χ2n) is 5.98. The van der Waals surface area contributed by atoms with Crippen LogP contribution >= 0.6 is 0 Å². The number of amides is 1. The number of carbonyl (C=O) groups excluding carboxylic acids is 1. The van der Waals surface area contributed by atoms with Crippen LogP contribution in [0.5, 0.6) is 0 Å². The molecule has 1 saturated carbocycles. The molecule has 3 N–H and O–H groups in total. The van der Waals surface area contributed by atoms with E-state index in [2.05, 4.69) is 19.2 Å². The van der Waals surface area contributed by atoms with Crippen LogP contribution in [0, 0.1) is 11.8 Å². The van der Waals surface area contributed by atoms with Crippen molar-refractivity contribution in [3.63, 3.8) is 0 Å². The van der Waals surface area contributed by atoms with Crippen LogP contribution < -0.4 is 11.1 Å². The molecule has 1 aromatic rings. The molecule has 1 amide bonds. The molecule has 1 aromatic carbocycles. The van der Waals surface area contributed by atoms with Gasteiger partial charge >= 0.3 is 0 Å². The summed E-state index contributed by atoms with van der Waals surface area (Å²) in [6.07, 6.45) is 4.83. The lowest BCUT2D eigenvalue weighted by Gasteiger charge is -2.21. The van der Waals surface area contributed by atoms with Crippen molar-refractivity contribution in [3.8, 4) is 0 Å². The van der Waals surface area contributed by atoms with Crippen LogP contribution in [-0.2, 0) is 11.2 Å². The largest absolute Gasteiger partial charge is 0.399 e. The molecule has 0 heterocycles. The first-order valence-electron chi connectivity index (χ1n) is 7.74. The van der Waals surface area contributed by atoms with E-state index in [1.165, 1.54) is 12.8 Å². The fourth-order valence-corrected chi connectivity index (χ4v) is 3.32. The Bertz CT molecular complexity index is 458. The van der Waals surface area contributed by atoms with E-state index in [-0.39, 0.29) is 5.91 Å². The van der Waals surface area contributed by atoms with Crippen molar-refractivity contribution in [1.29, 1.82) is 0 Å². The molecule has 3 atom stereocenters. The zero-order chi connectivity index (χ0) is 14.5. The lowest BCUT2D eigenvalue weighted by Crippen LogP contribution is -2.37. The molecule has 0 spiro atoms. The summed E-state index contributed by atoms with van der Waals surface area (Å²) >= 11 is 0. The highest BCUT2D eigenvalue weighted by Crippen LogP contribution is 2.33. The zero-order valence-electron chi connectivity index (χ0n) is 12.6. The first-order chi connectivity index (χ1) is 9.61. The molecular weight excluding hydrogens is 248 g/mol. The van der Waals surface area contributed by atoms with Crippen LogP contribution in [0.4, 0.5) is 5.69 Å². The molecule has 2 rings (SSSR count). The minimum atomic E-state index is 0.154. The Morgan fingerprint density at radius 3 is 2.75 bits per heavy atom. The van der Waals surface area contributed by atoms with Gasteiger partial charge in [-0.15, -0.1) is 0 Å². The van der Waals surface area contributed by atoms with E-state index >= 15 is 0 Å². The monoisotopic (exact) mass is 274 g/mol. The quantitative estimate of drug-likeness (QED) is 0.810. The number of carbonyl (C=O) groups is 1. The Morgan fingerprint density at radius 1 is 1.35 bits per heavy atom. The summed E-state index contributed by atoms with van der Waals surface area (Å²) < 4.78 is 0. The maximum Gasteiger partial charge on any atom is 0.220 e. The van der Waals surface area contributed by atoms with E-state index < -0.39 is 0 Å². The van der Waals surface area contributed by atoms with Crippen molar-refractivity contribution in [2.75, 3.05) is 5.73 Å². The number of aryl methyl sites for hydroxylation is 1. The van der Waals surface area contributed by atoms with Crippen molar-refractivity contribution < 1.29 is 4.79 Å². The number of rotatable bonds is 5. The second-order valence-corrected chi connectivity index (χ2v) is 5.98. The molecule has 1 aliphatic rings. The molecule has 20 heavy (non-hydrogen) atoms. The van der Waals surface area contributed by atoms with Gasteiger partial charge in [-0.2, -0.15) is 0 Å². The highest BCUT2D eigenvalue weighted by atomic mass is 16.1. The number of hydrogen-bond acceptors (Lipinski definition) is 2. The molecule has 3 heteroatoms. The maximum atomic E-state index is 12.1. The first kappa shape index (κ1) is 14.9. The number of nitrogens with two attached hydrogens (primary N) is 1. The van der Waals surface area contributed by atoms with Gasteiger partial charge in [-0.05, 0) is 42.7 Å². The van der Waals surface area contributed by atoms with E-state index in [1.54, 1.807) is 0 Å². The number of benzene rings is 1. The van der Waals surface area contributed by atoms with E-state index in [1.807, 2.05) is 24.3 Å². The predicted molar refractivity (Wildman–Crippen MR) is 83.3 cm³/mol. The van der Waals surface area contributed by atoms with E-state index in [9.17, 15) is 4.79 Å². The van der Waals surface area contributed by atoms with Gasteiger partial charge in [0.1, 0.15) is 0 Å². The third kappa shape index (κ3) is 3.53. The minimum Gasteiger partial charge on any atom is -0.399 e. The summed E-state index contributed by atoms with van der Waals surface area (Å²) in [6.45, 7) is 4.50. The summed E-state index contributed by atoms with van der Waals surface area (Å²) in [5.41, 5.74) is 7.74. The number of hydrogen-bond donors (Lipinski definition) is 2. The van der Waals surface area contributed by atoms with Gasteiger partial charge in [0.05, 0.1) is 0 Å². The van der Waals surface area contributed by atoms with Gasteiger partial charge in [-0.25, -0.2) is 0 Å². The molecule has 3 unspecified atom stereocenters. The minimum absolute atomic E-state index is 0.154. The zero-order valence-corrected chi connectivity index (χ0v) is 12.6. The van der Waals surface area contributed by atoms with E-state index in [0.717, 1.165) is 30.0 Å². The number of anilines is 1. The van der Waals surface area contributed by atoms with Gasteiger partial charge in [0.2, 0.25) is 5.91 Å². The lowest BCUT2D eigenvalue weighted by atomic mass is 9.93. The summed E-state index contributed by atoms with van der Waals surface area (Å²) in [7, 11) is 0. The number of para-hydroxylation sites is 1. The Kier molecular flexibility index (Phi) is 5.05. The molecule has 0 saturated heterocycles. The van der Waals surface area contributed by atoms with Gasteiger partial charge in [-0.3, -0.25) is 4.79 Å². The Labute approximate surface area is 121 Å². The van der Waals surface area contributed by atoms with Crippen LogP contribution in [0.25, 0.3) is 0 Å². The third-order valence-electron chi connectivity index (χ3n) is 4.77. The smallest absolute Gasteiger partial charge is 0.220 e. The first-order valence-corrected chi connectivity index (χ1v) is 7.74. The molecule has 0 bridgehead atoms. The average Bonchev–Trinajstić information content (AvgIpc) is 2.79. The summed E-state index contributed by atoms with van der Waals surface area (Å²) in [6, 6.07) is 8.13. The maximum absolute atomic E-state index is 12.1. The van der Waals surface area contributed by atoms with Crippen molar-refractivity contribution in [1.82, 2.24) is 5.32 Å². The summed E-state index contributed by atoms with van der Waals surface area (Å²) in [5.74, 6) is 1.53. The Morgan fingerprint density at radius 2 is 2.10 bits per heavy atom. The van der Waals surface area contributed by atoms with Crippen molar-refractivity contribution in [2.24, 2.45) is 11.8 Å². The molecule has 3 nitrogen and oxygen atoms in total. The predicted octanol–water partition coefficient (Wildman–Crippen LogP) is 3.14. The Hall–Kier alpha value is -1.51. The molecule has 0 aliphatic heterocycles. The number of nitrogens with one attached hydrogen (secondary N) is 1. The third-order valence-corrected chi connectivity index (χ3v) is 4.77. The van der Waals surface area contributed by atoms with Gasteiger partial charge < -0.3 is 11.1 Å².